The standard InChI is InChI=1S/C28H34Cl2N2O6S/c1-3-23(17-39(36,37)31-14-18-15-38-16-18)32-26(19-7-9-21(29)10-8-19)24(20-5-4-6-22(30)11-20)12-28(2,27(32)35)13-25(33)34/h4-11,18,23-24,26,31H,3,12-17H2,1-2H3,(H,33,34). The van der Waals surface area contributed by atoms with Crippen molar-refractivity contribution in [3.05, 3.63) is 69.7 Å². The highest BCUT2D eigenvalue weighted by molar-refractivity contribution is 7.89. The van der Waals surface area contributed by atoms with Gasteiger partial charge >= 0.3 is 5.97 Å². The molecule has 2 aliphatic heterocycles. The highest BCUT2D eigenvalue weighted by atomic mass is 35.5. The first-order valence-electron chi connectivity index (χ1n) is 13.0. The monoisotopic (exact) mass is 596 g/mol. The summed E-state index contributed by atoms with van der Waals surface area (Å²) in [5.74, 6) is -1.99. The minimum absolute atomic E-state index is 0.129. The third kappa shape index (κ3) is 6.95. The summed E-state index contributed by atoms with van der Waals surface area (Å²) in [5, 5.41) is 10.8. The summed E-state index contributed by atoms with van der Waals surface area (Å²) >= 11 is 12.6. The van der Waals surface area contributed by atoms with Crippen LogP contribution in [0.4, 0.5) is 0 Å². The molecule has 1 amide bonds. The number of piperidine rings is 1. The summed E-state index contributed by atoms with van der Waals surface area (Å²) < 4.78 is 34.2. The SMILES string of the molecule is CCC(CS(=O)(=O)NCC1COC1)N1C(=O)C(C)(CC(=O)O)CC(c2cccc(Cl)c2)C1c1ccc(Cl)cc1. The Morgan fingerprint density at radius 1 is 1.15 bits per heavy atom. The van der Waals surface area contributed by atoms with Gasteiger partial charge in [-0.05, 0) is 48.2 Å². The van der Waals surface area contributed by atoms with Gasteiger partial charge in [-0.25, -0.2) is 13.1 Å². The fraction of sp³-hybridized carbons (Fsp3) is 0.500. The second-order valence-electron chi connectivity index (χ2n) is 10.8. The number of nitrogens with zero attached hydrogens (tertiary/aromatic N) is 1. The van der Waals surface area contributed by atoms with E-state index in [0.29, 0.717) is 29.7 Å². The molecular weight excluding hydrogens is 563 g/mol. The van der Waals surface area contributed by atoms with Crippen LogP contribution in [0, 0.1) is 11.3 Å². The van der Waals surface area contributed by atoms with Crippen LogP contribution in [0.3, 0.4) is 0 Å². The molecule has 2 aliphatic rings. The smallest absolute Gasteiger partial charge is 0.304 e. The first-order valence-corrected chi connectivity index (χ1v) is 15.4. The van der Waals surface area contributed by atoms with Crippen molar-refractivity contribution >= 4 is 45.1 Å². The Morgan fingerprint density at radius 2 is 1.85 bits per heavy atom. The van der Waals surface area contributed by atoms with E-state index in [4.69, 9.17) is 27.9 Å². The predicted octanol–water partition coefficient (Wildman–Crippen LogP) is 4.88. The molecular formula is C28H34Cl2N2O6S. The Hall–Kier alpha value is -2.17. The quantitative estimate of drug-likeness (QED) is 0.382. The number of ether oxygens (including phenoxy) is 1. The number of likely N-dealkylation sites (tertiary alicyclic amines) is 1. The number of carbonyl (C=O) groups excluding carboxylic acids is 1. The van der Waals surface area contributed by atoms with Gasteiger partial charge in [0.1, 0.15) is 0 Å². The Morgan fingerprint density at radius 3 is 2.41 bits per heavy atom. The molecule has 0 spiro atoms. The molecule has 11 heteroatoms. The summed E-state index contributed by atoms with van der Waals surface area (Å²) in [7, 11) is -3.76. The topological polar surface area (TPSA) is 113 Å². The number of sulfonamides is 1. The molecule has 4 unspecified atom stereocenters. The predicted molar refractivity (Wildman–Crippen MR) is 150 cm³/mol. The molecule has 39 heavy (non-hydrogen) atoms. The lowest BCUT2D eigenvalue weighted by Gasteiger charge is -2.51. The number of amides is 1. The maximum absolute atomic E-state index is 14.3. The van der Waals surface area contributed by atoms with Crippen LogP contribution in [0.15, 0.2) is 48.5 Å². The third-order valence-corrected chi connectivity index (χ3v) is 9.62. The Labute approximate surface area is 239 Å². The van der Waals surface area contributed by atoms with Gasteiger partial charge in [-0.1, -0.05) is 61.3 Å². The van der Waals surface area contributed by atoms with Crippen molar-refractivity contribution in [3.8, 4) is 0 Å². The number of carbonyl (C=O) groups is 2. The summed E-state index contributed by atoms with van der Waals surface area (Å²) in [5.41, 5.74) is 0.373. The van der Waals surface area contributed by atoms with Crippen LogP contribution in [0.2, 0.25) is 10.0 Å². The molecule has 8 nitrogen and oxygen atoms in total. The van der Waals surface area contributed by atoms with E-state index in [1.54, 1.807) is 30.0 Å². The van der Waals surface area contributed by atoms with Gasteiger partial charge in [0.15, 0.2) is 0 Å². The molecule has 2 N–H and O–H groups in total. The van der Waals surface area contributed by atoms with E-state index >= 15 is 0 Å². The van der Waals surface area contributed by atoms with Crippen molar-refractivity contribution in [2.75, 3.05) is 25.5 Å². The van der Waals surface area contributed by atoms with Crippen LogP contribution in [0.1, 0.15) is 56.2 Å². The van der Waals surface area contributed by atoms with E-state index in [0.717, 1.165) is 11.1 Å². The molecule has 212 valence electrons. The fourth-order valence-corrected chi connectivity index (χ4v) is 7.47. The molecule has 0 radical (unpaired) electrons. The number of halogens is 2. The van der Waals surface area contributed by atoms with Crippen LogP contribution in [0.25, 0.3) is 0 Å². The zero-order chi connectivity index (χ0) is 28.4. The van der Waals surface area contributed by atoms with E-state index in [1.807, 2.05) is 37.3 Å². The molecule has 2 aromatic rings. The maximum Gasteiger partial charge on any atom is 0.304 e. The van der Waals surface area contributed by atoms with Crippen molar-refractivity contribution in [1.29, 1.82) is 0 Å². The molecule has 2 aromatic carbocycles. The van der Waals surface area contributed by atoms with Gasteiger partial charge in [0.2, 0.25) is 15.9 Å². The van der Waals surface area contributed by atoms with Crippen molar-refractivity contribution in [3.63, 3.8) is 0 Å². The van der Waals surface area contributed by atoms with E-state index in [2.05, 4.69) is 4.72 Å². The second kappa shape index (κ2) is 12.1. The number of benzene rings is 2. The van der Waals surface area contributed by atoms with E-state index in [1.165, 1.54) is 0 Å². The minimum atomic E-state index is -3.76. The van der Waals surface area contributed by atoms with Gasteiger partial charge in [0, 0.05) is 34.5 Å². The van der Waals surface area contributed by atoms with Gasteiger partial charge in [0.05, 0.1) is 36.8 Å². The van der Waals surface area contributed by atoms with Crippen molar-refractivity contribution in [1.82, 2.24) is 9.62 Å². The lowest BCUT2D eigenvalue weighted by Crippen LogP contribution is -2.58. The molecule has 0 aromatic heterocycles. The minimum Gasteiger partial charge on any atom is -0.481 e. The number of nitrogens with one attached hydrogen (secondary N) is 1. The van der Waals surface area contributed by atoms with Gasteiger partial charge in [-0.2, -0.15) is 0 Å². The maximum atomic E-state index is 14.3. The normalized spacial score (nSPS) is 24.8. The lowest BCUT2D eigenvalue weighted by atomic mass is 9.67. The highest BCUT2D eigenvalue weighted by Crippen LogP contribution is 2.52. The van der Waals surface area contributed by atoms with Gasteiger partial charge < -0.3 is 14.7 Å². The molecule has 2 saturated heterocycles. The average molecular weight is 598 g/mol. The van der Waals surface area contributed by atoms with Crippen LogP contribution in [-0.2, 0) is 24.3 Å². The summed E-state index contributed by atoms with van der Waals surface area (Å²) in [6.45, 7) is 4.79. The number of hydrogen-bond donors (Lipinski definition) is 2. The highest BCUT2D eigenvalue weighted by Gasteiger charge is 2.52. The van der Waals surface area contributed by atoms with Crippen molar-refractivity contribution < 1.29 is 27.9 Å². The van der Waals surface area contributed by atoms with Crippen LogP contribution < -0.4 is 4.72 Å². The number of carboxylic acids is 1. The van der Waals surface area contributed by atoms with Crippen LogP contribution >= 0.6 is 23.2 Å². The van der Waals surface area contributed by atoms with E-state index in [9.17, 15) is 23.1 Å². The van der Waals surface area contributed by atoms with E-state index < -0.39 is 33.5 Å². The van der Waals surface area contributed by atoms with E-state index in [-0.39, 0.29) is 42.9 Å². The number of hydrogen-bond acceptors (Lipinski definition) is 5. The molecule has 0 bridgehead atoms. The van der Waals surface area contributed by atoms with Crippen LogP contribution in [-0.4, -0.2) is 61.9 Å². The number of aliphatic carboxylic acids is 1. The van der Waals surface area contributed by atoms with Crippen LogP contribution in [0.5, 0.6) is 0 Å². The zero-order valence-corrected chi connectivity index (χ0v) is 24.3. The molecule has 4 rings (SSSR count). The lowest BCUT2D eigenvalue weighted by molar-refractivity contribution is -0.160. The third-order valence-electron chi connectivity index (χ3n) is 7.71. The summed E-state index contributed by atoms with van der Waals surface area (Å²) in [6.07, 6.45) is 0.232. The Kier molecular flexibility index (Phi) is 9.28. The average Bonchev–Trinajstić information content (AvgIpc) is 2.83. The van der Waals surface area contributed by atoms with Gasteiger partial charge in [-0.3, -0.25) is 9.59 Å². The molecule has 0 aliphatic carbocycles. The van der Waals surface area contributed by atoms with Gasteiger partial charge in [0.25, 0.3) is 0 Å². The molecule has 4 atom stereocenters. The number of rotatable bonds is 11. The van der Waals surface area contributed by atoms with Gasteiger partial charge in [-0.15, -0.1) is 0 Å². The summed E-state index contributed by atoms with van der Waals surface area (Å²) in [4.78, 5) is 27.8. The Balaban J connectivity index is 1.80. The molecule has 2 heterocycles. The number of carboxylic acid groups (broad SMARTS) is 1. The van der Waals surface area contributed by atoms with Crippen molar-refractivity contribution in [2.24, 2.45) is 11.3 Å². The largest absolute Gasteiger partial charge is 0.481 e. The first kappa shape index (κ1) is 29.8. The van der Waals surface area contributed by atoms with Crippen molar-refractivity contribution in [2.45, 2.75) is 51.1 Å². The Bertz CT molecular complexity index is 1300. The molecule has 2 fully saturated rings. The first-order chi connectivity index (χ1) is 18.4. The molecule has 0 saturated carbocycles. The second-order valence-corrected chi connectivity index (χ2v) is 13.5. The zero-order valence-electron chi connectivity index (χ0n) is 22.0. The fourth-order valence-electron chi connectivity index (χ4n) is 5.64. The summed E-state index contributed by atoms with van der Waals surface area (Å²) in [6, 6.07) is 13.2.